The van der Waals surface area contributed by atoms with Gasteiger partial charge in [-0.1, -0.05) is 40.0 Å². The molecule has 0 heteroatoms. The van der Waals surface area contributed by atoms with Crippen LogP contribution in [0.25, 0.3) is 0 Å². The van der Waals surface area contributed by atoms with Gasteiger partial charge in [0.1, 0.15) is 0 Å². The Morgan fingerprint density at radius 3 is 2.45 bits per heavy atom. The van der Waals surface area contributed by atoms with Crippen LogP contribution in [-0.4, -0.2) is 0 Å². The first kappa shape index (κ1) is 9.09. The van der Waals surface area contributed by atoms with Crippen LogP contribution in [0.4, 0.5) is 0 Å². The fraction of sp³-hybridized carbons (Fsp3) is 1.00. The maximum atomic E-state index is 2.38. The van der Waals surface area contributed by atoms with Gasteiger partial charge in [0.2, 0.25) is 0 Å². The van der Waals surface area contributed by atoms with Crippen molar-refractivity contribution in [2.75, 3.05) is 0 Å². The number of hydrogen-bond acceptors (Lipinski definition) is 0. The molecule has 0 heterocycles. The van der Waals surface area contributed by atoms with Gasteiger partial charge in [0.15, 0.2) is 0 Å². The normalized spacial score (nSPS) is 33.0. The molecule has 1 rings (SSSR count). The third kappa shape index (κ3) is 2.84. The molecule has 1 aliphatic carbocycles. The van der Waals surface area contributed by atoms with Crippen LogP contribution >= 0.6 is 0 Å². The van der Waals surface area contributed by atoms with Crippen LogP contribution in [0, 0.1) is 17.8 Å². The SMILES string of the molecule is CCC(C)CCC1CC(C)C1. The van der Waals surface area contributed by atoms with Crippen molar-refractivity contribution in [3.05, 3.63) is 0 Å². The van der Waals surface area contributed by atoms with Crippen molar-refractivity contribution in [2.24, 2.45) is 17.8 Å². The molecule has 0 spiro atoms. The van der Waals surface area contributed by atoms with Gasteiger partial charge >= 0.3 is 0 Å². The third-order valence-electron chi connectivity index (χ3n) is 3.24. The molecule has 11 heavy (non-hydrogen) atoms. The molecular weight excluding hydrogens is 132 g/mol. The molecule has 0 aromatic heterocycles. The van der Waals surface area contributed by atoms with Gasteiger partial charge in [0.25, 0.3) is 0 Å². The van der Waals surface area contributed by atoms with Crippen molar-refractivity contribution < 1.29 is 0 Å². The molecule has 1 saturated carbocycles. The maximum Gasteiger partial charge on any atom is -0.0409 e. The first-order chi connectivity index (χ1) is 5.22. The second-order valence-corrected chi connectivity index (χ2v) is 4.53. The quantitative estimate of drug-likeness (QED) is 0.577. The largest absolute Gasteiger partial charge is 0.0651 e. The lowest BCUT2D eigenvalue weighted by atomic mass is 9.73. The molecule has 1 atom stereocenters. The average Bonchev–Trinajstić information content (AvgIpc) is 1.95. The summed E-state index contributed by atoms with van der Waals surface area (Å²) in [5, 5.41) is 0. The Kier molecular flexibility index (Phi) is 3.42. The van der Waals surface area contributed by atoms with Crippen LogP contribution in [-0.2, 0) is 0 Å². The number of rotatable bonds is 4. The van der Waals surface area contributed by atoms with E-state index in [0.717, 1.165) is 17.8 Å². The van der Waals surface area contributed by atoms with Crippen LogP contribution in [0.5, 0.6) is 0 Å². The van der Waals surface area contributed by atoms with E-state index in [1.54, 1.807) is 0 Å². The molecule has 0 aromatic carbocycles. The van der Waals surface area contributed by atoms with Crippen molar-refractivity contribution in [2.45, 2.75) is 52.9 Å². The molecule has 1 unspecified atom stereocenters. The van der Waals surface area contributed by atoms with Crippen LogP contribution in [0.3, 0.4) is 0 Å². The van der Waals surface area contributed by atoms with Gasteiger partial charge in [0.05, 0.1) is 0 Å². The van der Waals surface area contributed by atoms with E-state index in [0.29, 0.717) is 0 Å². The van der Waals surface area contributed by atoms with E-state index in [2.05, 4.69) is 20.8 Å². The molecule has 66 valence electrons. The molecule has 0 amide bonds. The highest BCUT2D eigenvalue weighted by molar-refractivity contribution is 4.76. The molecular formula is C11H22. The highest BCUT2D eigenvalue weighted by atomic mass is 14.3. The van der Waals surface area contributed by atoms with E-state index in [9.17, 15) is 0 Å². The van der Waals surface area contributed by atoms with Gasteiger partial charge in [0, 0.05) is 0 Å². The Morgan fingerprint density at radius 1 is 1.36 bits per heavy atom. The second-order valence-electron chi connectivity index (χ2n) is 4.53. The molecule has 0 N–H and O–H groups in total. The van der Waals surface area contributed by atoms with E-state index >= 15 is 0 Å². The van der Waals surface area contributed by atoms with Gasteiger partial charge in [-0.2, -0.15) is 0 Å². The van der Waals surface area contributed by atoms with Crippen molar-refractivity contribution in [3.8, 4) is 0 Å². The molecule has 1 aliphatic rings. The summed E-state index contributed by atoms with van der Waals surface area (Å²) in [5.74, 6) is 3.10. The van der Waals surface area contributed by atoms with Crippen LogP contribution < -0.4 is 0 Å². The summed E-state index contributed by atoms with van der Waals surface area (Å²) in [6.45, 7) is 7.05. The Labute approximate surface area is 71.4 Å². The zero-order valence-corrected chi connectivity index (χ0v) is 8.27. The Hall–Kier alpha value is 0. The van der Waals surface area contributed by atoms with Crippen molar-refractivity contribution in [3.63, 3.8) is 0 Å². The van der Waals surface area contributed by atoms with E-state index in [4.69, 9.17) is 0 Å². The van der Waals surface area contributed by atoms with Crippen LogP contribution in [0.15, 0.2) is 0 Å². The minimum absolute atomic E-state index is 0.964. The molecule has 0 aromatic rings. The Balaban J connectivity index is 1.96. The summed E-state index contributed by atoms with van der Waals surface area (Å²) in [6, 6.07) is 0. The first-order valence-electron chi connectivity index (χ1n) is 5.22. The fourth-order valence-electron chi connectivity index (χ4n) is 2.03. The predicted octanol–water partition coefficient (Wildman–Crippen LogP) is 3.86. The van der Waals surface area contributed by atoms with E-state index in [-0.39, 0.29) is 0 Å². The molecule has 0 aliphatic heterocycles. The summed E-state index contributed by atoms with van der Waals surface area (Å²) >= 11 is 0. The van der Waals surface area contributed by atoms with E-state index in [1.165, 1.54) is 32.1 Å². The average molecular weight is 154 g/mol. The highest BCUT2D eigenvalue weighted by Gasteiger charge is 2.24. The molecule has 0 nitrogen and oxygen atoms in total. The number of hydrogen-bond donors (Lipinski definition) is 0. The highest BCUT2D eigenvalue weighted by Crippen LogP contribution is 2.37. The van der Waals surface area contributed by atoms with E-state index < -0.39 is 0 Å². The summed E-state index contributed by atoms with van der Waals surface area (Å²) in [5.41, 5.74) is 0. The van der Waals surface area contributed by atoms with Crippen LogP contribution in [0.2, 0.25) is 0 Å². The second kappa shape index (κ2) is 4.13. The molecule has 1 fully saturated rings. The van der Waals surface area contributed by atoms with Crippen LogP contribution in [0.1, 0.15) is 52.9 Å². The minimum atomic E-state index is 0.964. The van der Waals surface area contributed by atoms with Crippen molar-refractivity contribution in [1.82, 2.24) is 0 Å². The molecule has 0 radical (unpaired) electrons. The van der Waals surface area contributed by atoms with E-state index in [1.807, 2.05) is 0 Å². The zero-order valence-electron chi connectivity index (χ0n) is 8.27. The topological polar surface area (TPSA) is 0 Å². The summed E-state index contributed by atoms with van der Waals surface area (Å²) < 4.78 is 0. The minimum Gasteiger partial charge on any atom is -0.0651 e. The summed E-state index contributed by atoms with van der Waals surface area (Å²) in [4.78, 5) is 0. The Morgan fingerprint density at radius 2 is 2.00 bits per heavy atom. The molecule has 0 saturated heterocycles. The van der Waals surface area contributed by atoms with Crippen molar-refractivity contribution in [1.29, 1.82) is 0 Å². The monoisotopic (exact) mass is 154 g/mol. The van der Waals surface area contributed by atoms with Gasteiger partial charge < -0.3 is 0 Å². The third-order valence-corrected chi connectivity index (χ3v) is 3.24. The fourth-order valence-corrected chi connectivity index (χ4v) is 2.03. The zero-order chi connectivity index (χ0) is 8.27. The maximum absolute atomic E-state index is 2.38. The lowest BCUT2D eigenvalue weighted by Gasteiger charge is -2.33. The first-order valence-corrected chi connectivity index (χ1v) is 5.22. The summed E-state index contributed by atoms with van der Waals surface area (Å²) in [6.07, 6.45) is 7.35. The lowest BCUT2D eigenvalue weighted by molar-refractivity contribution is 0.188. The van der Waals surface area contributed by atoms with Gasteiger partial charge in [-0.15, -0.1) is 0 Å². The lowest BCUT2D eigenvalue weighted by Crippen LogP contribution is -2.21. The standard InChI is InChI=1S/C11H22/c1-4-9(2)5-6-11-7-10(3)8-11/h9-11H,4-8H2,1-3H3. The van der Waals surface area contributed by atoms with Gasteiger partial charge in [-0.25, -0.2) is 0 Å². The predicted molar refractivity (Wildman–Crippen MR) is 50.6 cm³/mol. The van der Waals surface area contributed by atoms with Gasteiger partial charge in [-0.05, 0) is 30.6 Å². The molecule has 0 bridgehead atoms. The smallest absolute Gasteiger partial charge is 0.0409 e. The summed E-state index contributed by atoms with van der Waals surface area (Å²) in [7, 11) is 0. The van der Waals surface area contributed by atoms with Gasteiger partial charge in [-0.3, -0.25) is 0 Å². The Bertz CT molecular complexity index is 101. The van der Waals surface area contributed by atoms with Crippen molar-refractivity contribution >= 4 is 0 Å².